The number of rotatable bonds is 2. The van der Waals surface area contributed by atoms with Gasteiger partial charge in [-0.3, -0.25) is 0 Å². The van der Waals surface area contributed by atoms with E-state index >= 15 is 0 Å². The van der Waals surface area contributed by atoms with Crippen LogP contribution in [0.15, 0.2) is 35.3 Å². The maximum atomic E-state index is 5.60. The van der Waals surface area contributed by atoms with Crippen molar-refractivity contribution in [2.24, 2.45) is 4.99 Å². The highest BCUT2D eigenvalue weighted by Crippen LogP contribution is 2.22. The summed E-state index contributed by atoms with van der Waals surface area (Å²) in [4.78, 5) is 4.34. The summed E-state index contributed by atoms with van der Waals surface area (Å²) in [6.45, 7) is 0.617. The first kappa shape index (κ1) is 8.57. The van der Waals surface area contributed by atoms with E-state index in [0.29, 0.717) is 18.4 Å². The van der Waals surface area contributed by atoms with Gasteiger partial charge < -0.3 is 4.74 Å². The molecule has 3 heteroatoms. The van der Waals surface area contributed by atoms with E-state index in [1.165, 1.54) is 5.56 Å². The number of alkyl halides is 1. The van der Waals surface area contributed by atoms with Crippen LogP contribution in [0.1, 0.15) is 11.6 Å². The summed E-state index contributed by atoms with van der Waals surface area (Å²) in [7, 11) is 0. The molecular formula is C10H10ClNO. The standard InChI is InChI=1S/C10H10ClNO/c11-6-10-12-9(7-13-10)8-4-2-1-3-5-8/h1-5,9H,6-7H2. The molecule has 13 heavy (non-hydrogen) atoms. The molecule has 0 N–H and O–H groups in total. The molecule has 0 fully saturated rings. The smallest absolute Gasteiger partial charge is 0.199 e. The van der Waals surface area contributed by atoms with Crippen molar-refractivity contribution in [3.05, 3.63) is 35.9 Å². The van der Waals surface area contributed by atoms with Gasteiger partial charge in [0, 0.05) is 0 Å². The zero-order valence-electron chi connectivity index (χ0n) is 7.11. The summed E-state index contributed by atoms with van der Waals surface area (Å²) in [5.74, 6) is 1.01. The number of benzene rings is 1. The molecule has 2 nitrogen and oxygen atoms in total. The van der Waals surface area contributed by atoms with Gasteiger partial charge in [-0.2, -0.15) is 0 Å². The van der Waals surface area contributed by atoms with Crippen LogP contribution >= 0.6 is 11.6 Å². The van der Waals surface area contributed by atoms with E-state index in [0.717, 1.165) is 0 Å². The summed E-state index contributed by atoms with van der Waals surface area (Å²) < 4.78 is 5.29. The van der Waals surface area contributed by atoms with E-state index < -0.39 is 0 Å². The SMILES string of the molecule is ClCC1=NC(c2ccccc2)CO1. The topological polar surface area (TPSA) is 21.6 Å². The van der Waals surface area contributed by atoms with Crippen molar-refractivity contribution in [1.29, 1.82) is 0 Å². The Balaban J connectivity index is 2.16. The Kier molecular flexibility index (Phi) is 2.50. The molecule has 0 spiro atoms. The van der Waals surface area contributed by atoms with E-state index in [-0.39, 0.29) is 6.04 Å². The van der Waals surface area contributed by atoms with E-state index in [9.17, 15) is 0 Å². The highest BCUT2D eigenvalue weighted by atomic mass is 35.5. The third kappa shape index (κ3) is 1.83. The minimum absolute atomic E-state index is 0.134. The van der Waals surface area contributed by atoms with Crippen molar-refractivity contribution in [3.8, 4) is 0 Å². The quantitative estimate of drug-likeness (QED) is 0.665. The van der Waals surface area contributed by atoms with Crippen LogP contribution in [0.2, 0.25) is 0 Å². The first-order chi connectivity index (χ1) is 6.40. The first-order valence-electron chi connectivity index (χ1n) is 4.20. The molecule has 1 aliphatic heterocycles. The summed E-state index contributed by atoms with van der Waals surface area (Å²) in [6, 6.07) is 10.2. The van der Waals surface area contributed by atoms with Crippen molar-refractivity contribution in [3.63, 3.8) is 0 Å². The molecule has 0 aromatic heterocycles. The monoisotopic (exact) mass is 195 g/mol. The fourth-order valence-corrected chi connectivity index (χ4v) is 1.49. The van der Waals surface area contributed by atoms with Gasteiger partial charge in [0.15, 0.2) is 5.90 Å². The molecule has 1 aromatic rings. The molecule has 0 saturated carbocycles. The molecule has 0 bridgehead atoms. The van der Waals surface area contributed by atoms with E-state index in [1.54, 1.807) is 0 Å². The van der Waals surface area contributed by atoms with Crippen molar-refractivity contribution in [2.75, 3.05) is 12.5 Å². The Labute approximate surface area is 82.2 Å². The molecule has 1 heterocycles. The minimum atomic E-state index is 0.134. The summed E-state index contributed by atoms with van der Waals surface area (Å²) >= 11 is 5.60. The zero-order chi connectivity index (χ0) is 9.10. The lowest BCUT2D eigenvalue weighted by atomic mass is 10.1. The van der Waals surface area contributed by atoms with E-state index in [2.05, 4.69) is 17.1 Å². The Morgan fingerprint density at radius 1 is 1.38 bits per heavy atom. The van der Waals surface area contributed by atoms with E-state index in [4.69, 9.17) is 16.3 Å². The highest BCUT2D eigenvalue weighted by Gasteiger charge is 2.18. The van der Waals surface area contributed by atoms with Crippen molar-refractivity contribution in [1.82, 2.24) is 0 Å². The van der Waals surface area contributed by atoms with Crippen LogP contribution < -0.4 is 0 Å². The van der Waals surface area contributed by atoms with Crippen LogP contribution in [0.5, 0.6) is 0 Å². The molecular weight excluding hydrogens is 186 g/mol. The van der Waals surface area contributed by atoms with Gasteiger partial charge in [-0.15, -0.1) is 11.6 Å². The molecule has 1 atom stereocenters. The van der Waals surface area contributed by atoms with Crippen molar-refractivity contribution in [2.45, 2.75) is 6.04 Å². The maximum Gasteiger partial charge on any atom is 0.199 e. The lowest BCUT2D eigenvalue weighted by Gasteiger charge is -2.03. The number of aliphatic imine (C=N–C) groups is 1. The van der Waals surface area contributed by atoms with Crippen LogP contribution in [0.25, 0.3) is 0 Å². The number of nitrogens with zero attached hydrogens (tertiary/aromatic N) is 1. The minimum Gasteiger partial charge on any atom is -0.477 e. The summed E-state index contributed by atoms with van der Waals surface area (Å²) in [5, 5.41) is 0. The summed E-state index contributed by atoms with van der Waals surface area (Å²) in [5.41, 5.74) is 1.18. The lowest BCUT2D eigenvalue weighted by Crippen LogP contribution is -1.99. The van der Waals surface area contributed by atoms with Crippen LogP contribution in [-0.4, -0.2) is 18.4 Å². The first-order valence-corrected chi connectivity index (χ1v) is 4.74. The number of ether oxygens (including phenoxy) is 1. The number of hydrogen-bond donors (Lipinski definition) is 0. The van der Waals surface area contributed by atoms with Crippen LogP contribution in [0, 0.1) is 0 Å². The molecule has 0 saturated heterocycles. The normalized spacial score (nSPS) is 21.0. The van der Waals surface area contributed by atoms with Gasteiger partial charge in [-0.25, -0.2) is 4.99 Å². The van der Waals surface area contributed by atoms with E-state index in [1.807, 2.05) is 18.2 Å². The van der Waals surface area contributed by atoms with Crippen molar-refractivity contribution >= 4 is 17.5 Å². The second kappa shape index (κ2) is 3.79. The second-order valence-corrected chi connectivity index (χ2v) is 3.16. The molecule has 0 aliphatic carbocycles. The second-order valence-electron chi connectivity index (χ2n) is 2.89. The van der Waals surface area contributed by atoms with Crippen LogP contribution in [-0.2, 0) is 4.74 Å². The fourth-order valence-electron chi connectivity index (χ4n) is 1.34. The van der Waals surface area contributed by atoms with Gasteiger partial charge in [-0.05, 0) is 5.56 Å². The molecule has 2 rings (SSSR count). The van der Waals surface area contributed by atoms with Gasteiger partial charge in [0.25, 0.3) is 0 Å². The molecule has 1 aromatic carbocycles. The molecule has 1 aliphatic rings. The van der Waals surface area contributed by atoms with Crippen molar-refractivity contribution < 1.29 is 4.74 Å². The molecule has 0 radical (unpaired) electrons. The highest BCUT2D eigenvalue weighted by molar-refractivity contribution is 6.27. The molecule has 0 amide bonds. The number of hydrogen-bond acceptors (Lipinski definition) is 2. The third-order valence-electron chi connectivity index (χ3n) is 2.01. The predicted molar refractivity (Wildman–Crippen MR) is 53.3 cm³/mol. The van der Waals surface area contributed by atoms with Gasteiger partial charge in [0.2, 0.25) is 0 Å². The Morgan fingerprint density at radius 2 is 2.15 bits per heavy atom. The Bertz CT molecular complexity index is 310. The fraction of sp³-hybridized carbons (Fsp3) is 0.300. The average Bonchev–Trinajstić information content (AvgIpc) is 2.67. The van der Waals surface area contributed by atoms with Crippen LogP contribution in [0.3, 0.4) is 0 Å². The maximum absolute atomic E-state index is 5.60. The lowest BCUT2D eigenvalue weighted by molar-refractivity contribution is 0.317. The number of halogens is 1. The Hall–Kier alpha value is -1.02. The molecule has 68 valence electrons. The third-order valence-corrected chi connectivity index (χ3v) is 2.23. The summed E-state index contributed by atoms with van der Waals surface area (Å²) in [6.07, 6.45) is 0. The van der Waals surface area contributed by atoms with Crippen LogP contribution in [0.4, 0.5) is 0 Å². The zero-order valence-corrected chi connectivity index (χ0v) is 7.87. The van der Waals surface area contributed by atoms with Gasteiger partial charge in [0.05, 0.1) is 5.88 Å². The predicted octanol–water partition coefficient (Wildman–Crippen LogP) is 2.40. The van der Waals surface area contributed by atoms with Gasteiger partial charge >= 0.3 is 0 Å². The largest absolute Gasteiger partial charge is 0.477 e. The van der Waals surface area contributed by atoms with Gasteiger partial charge in [0.1, 0.15) is 12.6 Å². The van der Waals surface area contributed by atoms with Gasteiger partial charge in [-0.1, -0.05) is 30.3 Å². The Morgan fingerprint density at radius 3 is 2.77 bits per heavy atom. The molecule has 1 unspecified atom stereocenters. The average molecular weight is 196 g/mol.